The van der Waals surface area contributed by atoms with Gasteiger partial charge in [0.1, 0.15) is 5.82 Å². The highest BCUT2D eigenvalue weighted by Gasteiger charge is 2.29. The molecule has 128 valence electrons. The van der Waals surface area contributed by atoms with E-state index in [4.69, 9.17) is 0 Å². The minimum absolute atomic E-state index is 0.0867. The van der Waals surface area contributed by atoms with Crippen LogP contribution in [0.5, 0.6) is 0 Å². The molecule has 0 radical (unpaired) electrons. The molecule has 2 aliphatic rings. The zero-order valence-electron chi connectivity index (χ0n) is 14.5. The Hall–Kier alpha value is -2.69. The number of benzene rings is 1. The number of aromatic nitrogens is 1. The second-order valence-electron chi connectivity index (χ2n) is 6.54. The molecular weight excluding hydrogens is 312 g/mol. The van der Waals surface area contributed by atoms with Gasteiger partial charge in [-0.05, 0) is 37.5 Å². The SMILES string of the molecule is C/N=C1/CN(c2ccccc2)c2ncc(C(=O)N3CCCCC3)cc21. The maximum absolute atomic E-state index is 12.8. The maximum Gasteiger partial charge on any atom is 0.255 e. The average Bonchev–Trinajstić information content (AvgIpc) is 3.07. The van der Waals surface area contributed by atoms with Gasteiger partial charge in [0, 0.05) is 37.6 Å². The molecule has 1 saturated heterocycles. The Morgan fingerprint density at radius 3 is 2.60 bits per heavy atom. The third kappa shape index (κ3) is 2.90. The predicted octanol–water partition coefficient (Wildman–Crippen LogP) is 3.28. The first-order valence-electron chi connectivity index (χ1n) is 8.86. The molecule has 5 heteroatoms. The molecule has 25 heavy (non-hydrogen) atoms. The van der Waals surface area contributed by atoms with Gasteiger partial charge in [-0.15, -0.1) is 0 Å². The summed E-state index contributed by atoms with van der Waals surface area (Å²) in [4.78, 5) is 25.9. The largest absolute Gasteiger partial charge is 0.339 e. The van der Waals surface area contributed by atoms with Crippen molar-refractivity contribution in [2.75, 3.05) is 31.6 Å². The van der Waals surface area contributed by atoms with E-state index in [1.807, 2.05) is 29.2 Å². The lowest BCUT2D eigenvalue weighted by molar-refractivity contribution is 0.0724. The molecule has 0 aliphatic carbocycles. The zero-order valence-corrected chi connectivity index (χ0v) is 14.5. The van der Waals surface area contributed by atoms with E-state index in [9.17, 15) is 4.79 Å². The van der Waals surface area contributed by atoms with E-state index < -0.39 is 0 Å². The number of pyridine rings is 1. The number of para-hydroxylation sites is 1. The molecule has 0 saturated carbocycles. The fraction of sp³-hybridized carbons (Fsp3) is 0.350. The second kappa shape index (κ2) is 6.67. The van der Waals surface area contributed by atoms with Gasteiger partial charge >= 0.3 is 0 Å². The first kappa shape index (κ1) is 15.8. The Balaban J connectivity index is 1.68. The predicted molar refractivity (Wildman–Crippen MR) is 99.9 cm³/mol. The molecule has 0 unspecified atom stereocenters. The highest BCUT2D eigenvalue weighted by molar-refractivity contribution is 6.13. The summed E-state index contributed by atoms with van der Waals surface area (Å²) in [6.07, 6.45) is 5.11. The van der Waals surface area contributed by atoms with Crippen molar-refractivity contribution in [3.8, 4) is 0 Å². The molecule has 1 aromatic heterocycles. The Morgan fingerprint density at radius 1 is 1.12 bits per heavy atom. The van der Waals surface area contributed by atoms with E-state index in [0.29, 0.717) is 12.1 Å². The zero-order chi connectivity index (χ0) is 17.2. The summed E-state index contributed by atoms with van der Waals surface area (Å²) in [5, 5.41) is 0. The van der Waals surface area contributed by atoms with E-state index in [0.717, 1.165) is 48.7 Å². The number of hydrogen-bond acceptors (Lipinski definition) is 4. The molecule has 0 bridgehead atoms. The smallest absolute Gasteiger partial charge is 0.255 e. The van der Waals surface area contributed by atoms with E-state index >= 15 is 0 Å². The number of piperidine rings is 1. The highest BCUT2D eigenvalue weighted by Crippen LogP contribution is 2.33. The first-order chi connectivity index (χ1) is 12.3. The maximum atomic E-state index is 12.8. The lowest BCUT2D eigenvalue weighted by Crippen LogP contribution is -2.35. The van der Waals surface area contributed by atoms with Crippen molar-refractivity contribution < 1.29 is 4.79 Å². The van der Waals surface area contributed by atoms with Crippen LogP contribution in [0.2, 0.25) is 0 Å². The first-order valence-corrected chi connectivity index (χ1v) is 8.86. The molecule has 1 amide bonds. The number of aliphatic imine (C=N–C) groups is 1. The van der Waals surface area contributed by atoms with Crippen LogP contribution in [0.25, 0.3) is 0 Å². The van der Waals surface area contributed by atoms with Gasteiger partial charge < -0.3 is 9.80 Å². The van der Waals surface area contributed by atoms with Crippen LogP contribution < -0.4 is 4.90 Å². The lowest BCUT2D eigenvalue weighted by Gasteiger charge is -2.26. The second-order valence-corrected chi connectivity index (χ2v) is 6.54. The number of likely N-dealkylation sites (tertiary alicyclic amines) is 1. The molecule has 0 N–H and O–H groups in total. The minimum atomic E-state index is 0.0867. The molecule has 2 aromatic rings. The summed E-state index contributed by atoms with van der Waals surface area (Å²) in [6.45, 7) is 2.38. The summed E-state index contributed by atoms with van der Waals surface area (Å²) < 4.78 is 0. The average molecular weight is 334 g/mol. The number of amides is 1. The normalized spacial score (nSPS) is 18.5. The number of carbonyl (C=O) groups is 1. The van der Waals surface area contributed by atoms with Gasteiger partial charge in [-0.2, -0.15) is 0 Å². The number of carbonyl (C=O) groups excluding carboxylic acids is 1. The standard InChI is InChI=1S/C20H22N4O/c1-21-18-14-24(16-8-4-2-5-9-16)19-17(18)12-15(13-22-19)20(25)23-10-6-3-7-11-23/h2,4-5,8-9,12-13H,3,6-7,10-11,14H2,1H3/b21-18-. The number of anilines is 2. The third-order valence-electron chi connectivity index (χ3n) is 4.97. The van der Waals surface area contributed by atoms with Crippen molar-refractivity contribution in [2.24, 2.45) is 4.99 Å². The fourth-order valence-corrected chi connectivity index (χ4v) is 3.60. The van der Waals surface area contributed by atoms with Gasteiger partial charge in [0.15, 0.2) is 0 Å². The fourth-order valence-electron chi connectivity index (χ4n) is 3.60. The molecule has 1 fully saturated rings. The van der Waals surface area contributed by atoms with E-state index in [1.54, 1.807) is 13.2 Å². The molecule has 2 aliphatic heterocycles. The number of fused-ring (bicyclic) bond motifs is 1. The van der Waals surface area contributed by atoms with Crippen LogP contribution in [-0.2, 0) is 0 Å². The molecular formula is C20H22N4O. The van der Waals surface area contributed by atoms with E-state index in [1.165, 1.54) is 6.42 Å². The van der Waals surface area contributed by atoms with Gasteiger partial charge in [0.05, 0.1) is 17.8 Å². The number of hydrogen-bond donors (Lipinski definition) is 0. The van der Waals surface area contributed by atoms with Crippen molar-refractivity contribution >= 4 is 23.1 Å². The molecule has 3 heterocycles. The van der Waals surface area contributed by atoms with Gasteiger partial charge in [0.25, 0.3) is 5.91 Å². The van der Waals surface area contributed by atoms with Gasteiger partial charge in [-0.3, -0.25) is 9.79 Å². The molecule has 5 nitrogen and oxygen atoms in total. The van der Waals surface area contributed by atoms with Crippen LogP contribution in [0.1, 0.15) is 35.2 Å². The van der Waals surface area contributed by atoms with Gasteiger partial charge in [0.2, 0.25) is 0 Å². The molecule has 4 rings (SSSR count). The molecule has 0 atom stereocenters. The van der Waals surface area contributed by atoms with Crippen molar-refractivity contribution in [2.45, 2.75) is 19.3 Å². The quantitative estimate of drug-likeness (QED) is 0.847. The Bertz CT molecular complexity index is 810. The van der Waals surface area contributed by atoms with Crippen LogP contribution >= 0.6 is 0 Å². The molecule has 0 spiro atoms. The topological polar surface area (TPSA) is 48.8 Å². The van der Waals surface area contributed by atoms with Crippen LogP contribution in [0, 0.1) is 0 Å². The van der Waals surface area contributed by atoms with Gasteiger partial charge in [-0.25, -0.2) is 4.98 Å². The summed E-state index contributed by atoms with van der Waals surface area (Å²) >= 11 is 0. The minimum Gasteiger partial charge on any atom is -0.339 e. The Morgan fingerprint density at radius 2 is 1.88 bits per heavy atom. The number of nitrogens with zero attached hydrogens (tertiary/aromatic N) is 4. The summed E-state index contributed by atoms with van der Waals surface area (Å²) in [7, 11) is 1.80. The number of rotatable bonds is 2. The summed E-state index contributed by atoms with van der Waals surface area (Å²) in [6, 6.07) is 12.1. The van der Waals surface area contributed by atoms with Gasteiger partial charge in [-0.1, -0.05) is 18.2 Å². The van der Waals surface area contributed by atoms with Crippen molar-refractivity contribution in [3.05, 3.63) is 53.7 Å². The Kier molecular flexibility index (Phi) is 4.22. The Labute approximate surface area is 148 Å². The van der Waals surface area contributed by atoms with Crippen LogP contribution in [-0.4, -0.2) is 48.2 Å². The van der Waals surface area contributed by atoms with E-state index in [2.05, 4.69) is 27.0 Å². The highest BCUT2D eigenvalue weighted by atomic mass is 16.2. The monoisotopic (exact) mass is 334 g/mol. The van der Waals surface area contributed by atoms with Crippen LogP contribution in [0.4, 0.5) is 11.5 Å². The third-order valence-corrected chi connectivity index (χ3v) is 4.97. The van der Waals surface area contributed by atoms with Crippen molar-refractivity contribution in [3.63, 3.8) is 0 Å². The molecule has 1 aromatic carbocycles. The van der Waals surface area contributed by atoms with Crippen molar-refractivity contribution in [1.29, 1.82) is 0 Å². The van der Waals surface area contributed by atoms with Crippen LogP contribution in [0.15, 0.2) is 47.6 Å². The van der Waals surface area contributed by atoms with E-state index in [-0.39, 0.29) is 5.91 Å². The summed E-state index contributed by atoms with van der Waals surface area (Å²) in [5.41, 5.74) is 3.69. The summed E-state index contributed by atoms with van der Waals surface area (Å²) in [5.74, 6) is 0.964. The lowest BCUT2D eigenvalue weighted by atomic mass is 10.1. The van der Waals surface area contributed by atoms with Crippen LogP contribution in [0.3, 0.4) is 0 Å². The van der Waals surface area contributed by atoms with Crippen molar-refractivity contribution in [1.82, 2.24) is 9.88 Å².